The van der Waals surface area contributed by atoms with Crippen LogP contribution >= 0.6 is 11.3 Å². The Morgan fingerprint density at radius 2 is 2.33 bits per heavy atom. The molecule has 9 heteroatoms. The third-order valence-electron chi connectivity index (χ3n) is 2.06. The van der Waals surface area contributed by atoms with Crippen molar-refractivity contribution in [1.82, 2.24) is 14.9 Å². The number of sulfonamides is 1. The van der Waals surface area contributed by atoms with Crippen molar-refractivity contribution in [3.05, 3.63) is 28.7 Å². The second kappa shape index (κ2) is 5.14. The van der Waals surface area contributed by atoms with Gasteiger partial charge in [-0.2, -0.15) is 4.98 Å². The number of aliphatic hydroxyl groups is 1. The van der Waals surface area contributed by atoms with E-state index in [4.69, 9.17) is 9.63 Å². The van der Waals surface area contributed by atoms with E-state index in [1.54, 1.807) is 12.3 Å². The summed E-state index contributed by atoms with van der Waals surface area (Å²) in [7, 11) is -3.61. The second-order valence-electron chi connectivity index (χ2n) is 3.49. The van der Waals surface area contributed by atoms with Crippen molar-refractivity contribution in [3.63, 3.8) is 0 Å². The predicted molar refractivity (Wildman–Crippen MR) is 63.3 cm³/mol. The number of aromatic nitrogens is 2. The molecule has 2 heterocycles. The van der Waals surface area contributed by atoms with Gasteiger partial charge in [0.25, 0.3) is 10.0 Å². The minimum absolute atomic E-state index is 0.0600. The molecule has 0 spiro atoms. The number of hydrogen-bond donors (Lipinski definition) is 2. The number of rotatable bonds is 5. The highest BCUT2D eigenvalue weighted by Gasteiger charge is 2.17. The molecule has 0 aliphatic heterocycles. The molecule has 2 N–H and O–H groups in total. The van der Waals surface area contributed by atoms with Gasteiger partial charge in [-0.3, -0.25) is 0 Å². The summed E-state index contributed by atoms with van der Waals surface area (Å²) in [6.07, 6.45) is 0. The summed E-state index contributed by atoms with van der Waals surface area (Å²) >= 11 is 1.04. The molecular weight excluding hydrogens is 278 g/mol. The summed E-state index contributed by atoms with van der Waals surface area (Å²) in [6, 6.07) is 1.42. The van der Waals surface area contributed by atoms with E-state index in [0.717, 1.165) is 11.3 Å². The predicted octanol–water partition coefficient (Wildman–Crippen LogP) is 0.410. The molecular formula is C9H11N3O4S2. The van der Waals surface area contributed by atoms with Gasteiger partial charge in [-0.1, -0.05) is 5.16 Å². The minimum Gasteiger partial charge on any atom is -0.392 e. The van der Waals surface area contributed by atoms with Crippen LogP contribution < -0.4 is 4.72 Å². The molecule has 0 unspecified atom stereocenters. The lowest BCUT2D eigenvalue weighted by Gasteiger charge is -2.00. The van der Waals surface area contributed by atoms with Gasteiger partial charge in [0.05, 0.1) is 13.2 Å². The van der Waals surface area contributed by atoms with Crippen molar-refractivity contribution >= 4 is 21.4 Å². The maximum atomic E-state index is 11.9. The molecule has 0 bridgehead atoms. The monoisotopic (exact) mass is 289 g/mol. The summed E-state index contributed by atoms with van der Waals surface area (Å²) in [6.45, 7) is 1.40. The summed E-state index contributed by atoms with van der Waals surface area (Å²) < 4.78 is 31.0. The van der Waals surface area contributed by atoms with Gasteiger partial charge < -0.3 is 9.63 Å². The lowest BCUT2D eigenvalue weighted by molar-refractivity contribution is 0.282. The minimum atomic E-state index is -3.61. The lowest BCUT2D eigenvalue weighted by Crippen LogP contribution is -2.22. The molecule has 18 heavy (non-hydrogen) atoms. The zero-order chi connectivity index (χ0) is 13.2. The summed E-state index contributed by atoms with van der Waals surface area (Å²) in [5.41, 5.74) is 0.564. The third kappa shape index (κ3) is 2.93. The molecule has 2 aromatic rings. The van der Waals surface area contributed by atoms with Gasteiger partial charge in [0.2, 0.25) is 5.89 Å². The Labute approximate surface area is 108 Å². The van der Waals surface area contributed by atoms with Crippen LogP contribution in [-0.2, 0) is 23.2 Å². The van der Waals surface area contributed by atoms with Crippen molar-refractivity contribution in [1.29, 1.82) is 0 Å². The molecule has 0 atom stereocenters. The van der Waals surface area contributed by atoms with Crippen LogP contribution in [0, 0.1) is 6.92 Å². The third-order valence-corrected chi connectivity index (χ3v) is 4.95. The molecule has 0 aliphatic carbocycles. The van der Waals surface area contributed by atoms with Gasteiger partial charge in [-0.05, 0) is 23.9 Å². The molecule has 0 aliphatic rings. The summed E-state index contributed by atoms with van der Waals surface area (Å²) in [5, 5.41) is 14.0. The van der Waals surface area contributed by atoms with Gasteiger partial charge >= 0.3 is 0 Å². The molecule has 0 saturated heterocycles. The second-order valence-corrected chi connectivity index (χ2v) is 6.40. The lowest BCUT2D eigenvalue weighted by atomic mass is 10.4. The fourth-order valence-electron chi connectivity index (χ4n) is 1.22. The van der Waals surface area contributed by atoms with E-state index in [2.05, 4.69) is 14.9 Å². The maximum absolute atomic E-state index is 11.9. The Hall–Kier alpha value is -1.29. The zero-order valence-electron chi connectivity index (χ0n) is 9.45. The topological polar surface area (TPSA) is 105 Å². The largest absolute Gasteiger partial charge is 0.392 e. The van der Waals surface area contributed by atoms with Crippen LogP contribution in [0.15, 0.2) is 20.2 Å². The van der Waals surface area contributed by atoms with Gasteiger partial charge in [0.15, 0.2) is 5.82 Å². The van der Waals surface area contributed by atoms with E-state index < -0.39 is 10.0 Å². The fraction of sp³-hybridized carbons (Fsp3) is 0.333. The highest BCUT2D eigenvalue weighted by molar-refractivity contribution is 7.91. The van der Waals surface area contributed by atoms with Crippen LogP contribution in [0.5, 0.6) is 0 Å². The molecule has 0 radical (unpaired) electrons. The van der Waals surface area contributed by atoms with E-state index in [1.165, 1.54) is 6.07 Å². The first-order valence-electron chi connectivity index (χ1n) is 4.98. The van der Waals surface area contributed by atoms with Crippen LogP contribution in [0.2, 0.25) is 0 Å². The van der Waals surface area contributed by atoms with E-state index in [0.29, 0.717) is 11.4 Å². The van der Waals surface area contributed by atoms with Gasteiger partial charge in [0.1, 0.15) is 4.21 Å². The van der Waals surface area contributed by atoms with E-state index in [9.17, 15) is 8.42 Å². The summed E-state index contributed by atoms with van der Waals surface area (Å²) in [4.78, 5) is 3.89. The van der Waals surface area contributed by atoms with Crippen LogP contribution in [0.1, 0.15) is 17.3 Å². The Balaban J connectivity index is 2.07. The van der Waals surface area contributed by atoms with Crippen LogP contribution in [0.4, 0.5) is 0 Å². The Morgan fingerprint density at radius 3 is 2.89 bits per heavy atom. The Morgan fingerprint density at radius 1 is 1.56 bits per heavy atom. The molecule has 0 saturated carbocycles. The van der Waals surface area contributed by atoms with Gasteiger partial charge in [-0.25, -0.2) is 13.1 Å². The fourth-order valence-corrected chi connectivity index (χ4v) is 3.44. The highest BCUT2D eigenvalue weighted by Crippen LogP contribution is 2.20. The Bertz CT molecular complexity index is 632. The molecule has 2 aromatic heterocycles. The molecule has 2 rings (SSSR count). The van der Waals surface area contributed by atoms with Crippen LogP contribution in [-0.4, -0.2) is 23.7 Å². The number of nitrogens with one attached hydrogen (secondary N) is 1. The number of nitrogens with zero attached hydrogens (tertiary/aromatic N) is 2. The van der Waals surface area contributed by atoms with Gasteiger partial charge in [-0.15, -0.1) is 11.3 Å². The van der Waals surface area contributed by atoms with Crippen molar-refractivity contribution in [2.75, 3.05) is 0 Å². The number of aryl methyl sites for hydroxylation is 1. The average molecular weight is 289 g/mol. The quantitative estimate of drug-likeness (QED) is 0.826. The zero-order valence-corrected chi connectivity index (χ0v) is 11.1. The normalized spacial score (nSPS) is 11.9. The highest BCUT2D eigenvalue weighted by atomic mass is 32.2. The first-order valence-corrected chi connectivity index (χ1v) is 7.34. The van der Waals surface area contributed by atoms with Crippen molar-refractivity contribution < 1.29 is 18.0 Å². The van der Waals surface area contributed by atoms with Gasteiger partial charge in [0, 0.05) is 0 Å². The van der Waals surface area contributed by atoms with Crippen LogP contribution in [0.3, 0.4) is 0 Å². The van der Waals surface area contributed by atoms with Crippen molar-refractivity contribution in [2.45, 2.75) is 24.3 Å². The number of thiophene rings is 1. The smallest absolute Gasteiger partial charge is 0.250 e. The van der Waals surface area contributed by atoms with E-state index in [1.807, 2.05) is 0 Å². The summed E-state index contributed by atoms with van der Waals surface area (Å²) in [5.74, 6) is 0.651. The first-order chi connectivity index (χ1) is 8.51. The average Bonchev–Trinajstić information content (AvgIpc) is 2.95. The molecule has 98 valence electrons. The molecule has 7 nitrogen and oxygen atoms in total. The molecule has 0 amide bonds. The van der Waals surface area contributed by atoms with E-state index >= 15 is 0 Å². The number of aliphatic hydroxyl groups excluding tert-OH is 1. The molecule has 0 fully saturated rings. The molecule has 0 aromatic carbocycles. The van der Waals surface area contributed by atoms with E-state index in [-0.39, 0.29) is 23.3 Å². The Kier molecular flexibility index (Phi) is 3.76. The standard InChI is InChI=1S/C9H11N3O4S2/c1-6-11-8(16-12-6)3-10-18(14,15)9-2-7(4-13)5-17-9/h2,5,10,13H,3-4H2,1H3. The van der Waals surface area contributed by atoms with Crippen molar-refractivity contribution in [3.8, 4) is 0 Å². The van der Waals surface area contributed by atoms with Crippen LogP contribution in [0.25, 0.3) is 0 Å². The maximum Gasteiger partial charge on any atom is 0.250 e. The van der Waals surface area contributed by atoms with Crippen molar-refractivity contribution in [2.24, 2.45) is 0 Å². The number of hydrogen-bond acceptors (Lipinski definition) is 7. The SMILES string of the molecule is Cc1noc(CNS(=O)(=O)c2cc(CO)cs2)n1. The first kappa shape index (κ1) is 13.1.